The molecule has 1 fully saturated rings. The summed E-state index contributed by atoms with van der Waals surface area (Å²) in [5.41, 5.74) is 2.63. The van der Waals surface area contributed by atoms with E-state index < -0.39 is 5.92 Å². The van der Waals surface area contributed by atoms with Gasteiger partial charge in [0.1, 0.15) is 19.0 Å². The van der Waals surface area contributed by atoms with E-state index in [-0.39, 0.29) is 18.2 Å². The molecule has 8 nitrogen and oxygen atoms in total. The van der Waals surface area contributed by atoms with E-state index in [1.54, 1.807) is 17.0 Å². The van der Waals surface area contributed by atoms with E-state index in [4.69, 9.17) is 9.47 Å². The lowest BCUT2D eigenvalue weighted by molar-refractivity contribution is -0.126. The van der Waals surface area contributed by atoms with Crippen LogP contribution in [0.4, 0.5) is 5.69 Å². The highest BCUT2D eigenvalue weighted by Gasteiger charge is 2.35. The van der Waals surface area contributed by atoms with Crippen LogP contribution in [-0.4, -0.2) is 41.1 Å². The zero-order valence-electron chi connectivity index (χ0n) is 16.6. The first-order chi connectivity index (χ1) is 14.6. The van der Waals surface area contributed by atoms with Gasteiger partial charge in [-0.05, 0) is 24.3 Å². The summed E-state index contributed by atoms with van der Waals surface area (Å²) in [6.07, 6.45) is 0.183. The van der Waals surface area contributed by atoms with Crippen LogP contribution in [0.1, 0.15) is 12.2 Å². The number of hydrogen-bond acceptors (Lipinski definition) is 5. The normalized spacial score (nSPS) is 18.1. The lowest BCUT2D eigenvalue weighted by Gasteiger charge is -2.22. The molecule has 0 bridgehead atoms. The zero-order valence-corrected chi connectivity index (χ0v) is 16.6. The molecule has 1 N–H and O–H groups in total. The van der Waals surface area contributed by atoms with Crippen molar-refractivity contribution in [3.8, 4) is 11.5 Å². The number of hydrogen-bond donors (Lipinski definition) is 1. The predicted molar refractivity (Wildman–Crippen MR) is 110 cm³/mol. The monoisotopic (exact) mass is 406 g/mol. The van der Waals surface area contributed by atoms with Crippen LogP contribution in [-0.2, 0) is 23.2 Å². The maximum absolute atomic E-state index is 12.7. The number of aryl methyl sites for hydroxylation is 1. The molecule has 0 saturated carbocycles. The fourth-order valence-corrected chi connectivity index (χ4v) is 4.00. The Morgan fingerprint density at radius 3 is 2.80 bits per heavy atom. The summed E-state index contributed by atoms with van der Waals surface area (Å²) < 4.78 is 13.1. The Bertz CT molecular complexity index is 1140. The van der Waals surface area contributed by atoms with Crippen molar-refractivity contribution < 1.29 is 19.1 Å². The molecule has 2 aliphatic heterocycles. The molecule has 1 aromatic heterocycles. The van der Waals surface area contributed by atoms with Gasteiger partial charge in [-0.25, -0.2) is 4.98 Å². The standard InChI is InChI=1S/C22H22N4O4/c1-25-17-5-3-2-4-16(17)24-20(25)12-23-22(28)14-10-21(27)26(13-14)15-6-7-18-19(11-15)30-9-8-29-18/h2-7,11,14H,8-10,12-13H2,1H3,(H,23,28)/t14-/m0/s1. The summed E-state index contributed by atoms with van der Waals surface area (Å²) in [5, 5.41) is 2.94. The number of carbonyl (C=O) groups is 2. The highest BCUT2D eigenvalue weighted by molar-refractivity contribution is 6.00. The number of imidazole rings is 1. The summed E-state index contributed by atoms with van der Waals surface area (Å²) >= 11 is 0. The molecule has 2 aromatic carbocycles. The second-order valence-electron chi connectivity index (χ2n) is 7.53. The third kappa shape index (κ3) is 3.24. The number of amides is 2. The molecule has 1 saturated heterocycles. The lowest BCUT2D eigenvalue weighted by Crippen LogP contribution is -2.33. The van der Waals surface area contributed by atoms with E-state index in [1.807, 2.05) is 41.9 Å². The molecule has 30 heavy (non-hydrogen) atoms. The number of fused-ring (bicyclic) bond motifs is 2. The van der Waals surface area contributed by atoms with Crippen LogP contribution in [0, 0.1) is 5.92 Å². The molecular formula is C22H22N4O4. The van der Waals surface area contributed by atoms with Crippen LogP contribution in [0.25, 0.3) is 11.0 Å². The minimum absolute atomic E-state index is 0.0745. The van der Waals surface area contributed by atoms with Gasteiger partial charge in [0, 0.05) is 31.8 Å². The first kappa shape index (κ1) is 18.5. The largest absolute Gasteiger partial charge is 0.486 e. The van der Waals surface area contributed by atoms with Gasteiger partial charge >= 0.3 is 0 Å². The third-order valence-corrected chi connectivity index (χ3v) is 5.63. The van der Waals surface area contributed by atoms with Crippen LogP contribution in [0.2, 0.25) is 0 Å². The number of benzene rings is 2. The van der Waals surface area contributed by atoms with E-state index in [2.05, 4.69) is 10.3 Å². The smallest absolute Gasteiger partial charge is 0.227 e. The fourth-order valence-electron chi connectivity index (χ4n) is 4.00. The average Bonchev–Trinajstić information content (AvgIpc) is 3.32. The molecule has 3 aromatic rings. The molecule has 0 spiro atoms. The van der Waals surface area contributed by atoms with Crippen molar-refractivity contribution in [2.45, 2.75) is 13.0 Å². The van der Waals surface area contributed by atoms with Crippen LogP contribution in [0.3, 0.4) is 0 Å². The van der Waals surface area contributed by atoms with E-state index in [1.165, 1.54) is 0 Å². The van der Waals surface area contributed by atoms with Crippen LogP contribution < -0.4 is 19.7 Å². The molecule has 1 atom stereocenters. The minimum atomic E-state index is -0.402. The van der Waals surface area contributed by atoms with Crippen molar-refractivity contribution in [1.82, 2.24) is 14.9 Å². The van der Waals surface area contributed by atoms with Gasteiger partial charge < -0.3 is 24.3 Å². The Morgan fingerprint density at radius 2 is 1.97 bits per heavy atom. The van der Waals surface area contributed by atoms with E-state index in [9.17, 15) is 9.59 Å². The van der Waals surface area contributed by atoms with E-state index >= 15 is 0 Å². The summed E-state index contributed by atoms with van der Waals surface area (Å²) in [6.45, 7) is 1.66. The van der Waals surface area contributed by atoms with Crippen molar-refractivity contribution in [3.05, 3.63) is 48.3 Å². The first-order valence-corrected chi connectivity index (χ1v) is 9.98. The van der Waals surface area contributed by atoms with Gasteiger partial charge in [0.15, 0.2) is 11.5 Å². The summed E-state index contributed by atoms with van der Waals surface area (Å²) in [7, 11) is 1.93. The maximum atomic E-state index is 12.7. The van der Waals surface area contributed by atoms with Crippen LogP contribution >= 0.6 is 0 Å². The van der Waals surface area contributed by atoms with Gasteiger partial charge in [-0.15, -0.1) is 0 Å². The molecule has 8 heteroatoms. The third-order valence-electron chi connectivity index (χ3n) is 5.63. The second kappa shape index (κ2) is 7.37. The number of anilines is 1. The maximum Gasteiger partial charge on any atom is 0.227 e. The molecular weight excluding hydrogens is 384 g/mol. The first-order valence-electron chi connectivity index (χ1n) is 9.98. The van der Waals surface area contributed by atoms with Crippen molar-refractivity contribution in [1.29, 1.82) is 0 Å². The molecule has 2 aliphatic rings. The molecule has 3 heterocycles. The van der Waals surface area contributed by atoms with Gasteiger partial charge in [0.2, 0.25) is 11.8 Å². The number of rotatable bonds is 4. The van der Waals surface area contributed by atoms with Gasteiger partial charge in [-0.2, -0.15) is 0 Å². The van der Waals surface area contributed by atoms with Gasteiger partial charge in [0.25, 0.3) is 0 Å². The molecule has 5 rings (SSSR count). The SMILES string of the molecule is Cn1c(CNC(=O)[C@H]2CC(=O)N(c3ccc4c(c3)OCCO4)C2)nc2ccccc21. The number of nitrogens with one attached hydrogen (secondary N) is 1. The Balaban J connectivity index is 1.26. The Kier molecular flexibility index (Phi) is 4.54. The Labute approximate surface area is 173 Å². The number of para-hydroxylation sites is 2. The highest BCUT2D eigenvalue weighted by Crippen LogP contribution is 2.36. The van der Waals surface area contributed by atoms with E-state index in [0.29, 0.717) is 37.8 Å². The summed E-state index contributed by atoms with van der Waals surface area (Å²) in [6, 6.07) is 13.3. The van der Waals surface area contributed by atoms with Crippen molar-refractivity contribution >= 4 is 28.5 Å². The molecule has 2 amide bonds. The van der Waals surface area contributed by atoms with Gasteiger partial charge in [0.05, 0.1) is 23.5 Å². The van der Waals surface area contributed by atoms with Crippen LogP contribution in [0.15, 0.2) is 42.5 Å². The Morgan fingerprint density at radius 1 is 1.17 bits per heavy atom. The van der Waals surface area contributed by atoms with Gasteiger partial charge in [-0.1, -0.05) is 12.1 Å². The summed E-state index contributed by atoms with van der Waals surface area (Å²) in [5.74, 6) is 1.46. The predicted octanol–water partition coefficient (Wildman–Crippen LogP) is 2.01. The lowest BCUT2D eigenvalue weighted by atomic mass is 10.1. The summed E-state index contributed by atoms with van der Waals surface area (Å²) in [4.78, 5) is 31.5. The van der Waals surface area contributed by atoms with Crippen LogP contribution in [0.5, 0.6) is 11.5 Å². The van der Waals surface area contributed by atoms with E-state index in [0.717, 1.165) is 22.5 Å². The topological polar surface area (TPSA) is 85.7 Å². The molecule has 0 unspecified atom stereocenters. The minimum Gasteiger partial charge on any atom is -0.486 e. The van der Waals surface area contributed by atoms with Crippen molar-refractivity contribution in [2.24, 2.45) is 13.0 Å². The second-order valence-corrected chi connectivity index (χ2v) is 7.53. The highest BCUT2D eigenvalue weighted by atomic mass is 16.6. The van der Waals surface area contributed by atoms with Crippen molar-refractivity contribution in [2.75, 3.05) is 24.7 Å². The molecule has 0 aliphatic carbocycles. The number of nitrogens with zero attached hydrogens (tertiary/aromatic N) is 3. The zero-order chi connectivity index (χ0) is 20.7. The Hall–Kier alpha value is -3.55. The quantitative estimate of drug-likeness (QED) is 0.717. The number of ether oxygens (including phenoxy) is 2. The van der Waals surface area contributed by atoms with Crippen molar-refractivity contribution in [3.63, 3.8) is 0 Å². The molecule has 154 valence electrons. The van der Waals surface area contributed by atoms with Gasteiger partial charge in [-0.3, -0.25) is 9.59 Å². The average molecular weight is 406 g/mol. The fraction of sp³-hybridized carbons (Fsp3) is 0.318. The number of carbonyl (C=O) groups excluding carboxylic acids is 2. The molecule has 0 radical (unpaired) electrons. The number of aromatic nitrogens is 2.